The van der Waals surface area contributed by atoms with Gasteiger partial charge >= 0.3 is 17.8 Å². The lowest BCUT2D eigenvalue weighted by molar-refractivity contribution is -0.163. The number of rotatable bonds is 5. The van der Waals surface area contributed by atoms with Crippen molar-refractivity contribution in [2.75, 3.05) is 0 Å². The van der Waals surface area contributed by atoms with Crippen LogP contribution in [0.4, 0.5) is 13.2 Å². The monoisotopic (exact) mass is 506 g/mol. The summed E-state index contributed by atoms with van der Waals surface area (Å²) >= 11 is 12.3. The molecule has 0 aliphatic carbocycles. The third-order valence-corrected chi connectivity index (χ3v) is 4.84. The van der Waals surface area contributed by atoms with Gasteiger partial charge in [-0.05, 0) is 25.1 Å². The maximum Gasteiger partial charge on any atom is 0.408 e. The van der Waals surface area contributed by atoms with Crippen molar-refractivity contribution >= 4 is 29.2 Å². The molecule has 33 heavy (non-hydrogen) atoms. The number of carboxylic acid groups (broad SMARTS) is 1. The van der Waals surface area contributed by atoms with E-state index in [9.17, 15) is 32.3 Å². The van der Waals surface area contributed by atoms with Gasteiger partial charge in [0.25, 0.3) is 11.1 Å². The number of nitrogens with zero attached hydrogens (tertiary/aromatic N) is 3. The zero-order valence-corrected chi connectivity index (χ0v) is 17.7. The van der Waals surface area contributed by atoms with Gasteiger partial charge in [0, 0.05) is 6.07 Å². The highest BCUT2D eigenvalue weighted by Gasteiger charge is 2.38. The zero-order chi connectivity index (χ0) is 24.7. The van der Waals surface area contributed by atoms with E-state index in [1.807, 2.05) is 0 Å². The van der Waals surface area contributed by atoms with E-state index >= 15 is 0 Å². The van der Waals surface area contributed by atoms with Gasteiger partial charge in [-0.15, -0.1) is 0 Å². The number of hydrogen-bond acceptors (Lipinski definition) is 6. The van der Waals surface area contributed by atoms with Crippen LogP contribution in [0, 0.1) is 0 Å². The predicted molar refractivity (Wildman–Crippen MR) is 109 cm³/mol. The van der Waals surface area contributed by atoms with Gasteiger partial charge in [0.15, 0.2) is 5.75 Å². The Labute approximate surface area is 190 Å². The Bertz CT molecular complexity index is 1410. The number of carbonyl (C=O) groups is 1. The largest absolute Gasteiger partial charge is 0.476 e. The summed E-state index contributed by atoms with van der Waals surface area (Å²) in [5.74, 6) is -2.12. The standard InChI is InChI=1S/C18H11Cl2F3N4O6/c1-7(18(21,22)23)26-6-9(2-3-12(26)28)33-14-10(19)4-8(5-11(14)20)27-17(32)24-15(29)13(25-27)16(30)31/h2-7H,1H3,(H,30,31)(H,24,29,32). The van der Waals surface area contributed by atoms with Crippen molar-refractivity contribution in [3.8, 4) is 17.2 Å². The number of benzene rings is 1. The van der Waals surface area contributed by atoms with Crippen LogP contribution < -0.4 is 21.5 Å². The molecule has 1 atom stereocenters. The smallest absolute Gasteiger partial charge is 0.408 e. The number of aromatic nitrogens is 4. The third kappa shape index (κ3) is 4.93. The maximum absolute atomic E-state index is 13.0. The number of nitrogens with one attached hydrogen (secondary N) is 1. The van der Waals surface area contributed by atoms with Crippen molar-refractivity contribution in [2.24, 2.45) is 0 Å². The van der Waals surface area contributed by atoms with E-state index in [0.717, 1.165) is 37.4 Å². The molecule has 3 aromatic rings. The van der Waals surface area contributed by atoms with E-state index < -0.39 is 40.7 Å². The Kier molecular flexibility index (Phi) is 6.38. The lowest BCUT2D eigenvalue weighted by Crippen LogP contribution is -2.35. The second-order valence-corrected chi connectivity index (χ2v) is 7.31. The summed E-state index contributed by atoms with van der Waals surface area (Å²) in [6.07, 6.45) is -3.86. The summed E-state index contributed by atoms with van der Waals surface area (Å²) in [7, 11) is 0. The van der Waals surface area contributed by atoms with E-state index in [4.69, 9.17) is 33.0 Å². The normalized spacial score (nSPS) is 12.4. The summed E-state index contributed by atoms with van der Waals surface area (Å²) in [5, 5.41) is 12.0. The minimum absolute atomic E-state index is 0.142. The molecule has 0 amide bonds. The Morgan fingerprint density at radius 2 is 1.79 bits per heavy atom. The molecule has 0 fully saturated rings. The van der Waals surface area contributed by atoms with Crippen molar-refractivity contribution in [2.45, 2.75) is 19.1 Å². The number of halogens is 5. The molecule has 0 saturated carbocycles. The molecular formula is C18H11Cl2F3N4O6. The summed E-state index contributed by atoms with van der Waals surface area (Å²) < 4.78 is 45.4. The molecule has 0 aliphatic heterocycles. The van der Waals surface area contributed by atoms with Crippen LogP contribution in [0.3, 0.4) is 0 Å². The molecule has 174 valence electrons. The van der Waals surface area contributed by atoms with Crippen LogP contribution in [0.25, 0.3) is 5.69 Å². The first-order valence-corrected chi connectivity index (χ1v) is 9.48. The molecule has 15 heteroatoms. The second-order valence-electron chi connectivity index (χ2n) is 6.49. The minimum atomic E-state index is -4.69. The lowest BCUT2D eigenvalue weighted by Gasteiger charge is -2.19. The van der Waals surface area contributed by atoms with Crippen LogP contribution in [0.2, 0.25) is 10.0 Å². The lowest BCUT2D eigenvalue weighted by atomic mass is 10.3. The molecule has 0 saturated heterocycles. The maximum atomic E-state index is 13.0. The molecule has 0 bridgehead atoms. The number of hydrogen-bond donors (Lipinski definition) is 2. The number of aromatic carboxylic acids is 1. The second kappa shape index (κ2) is 8.75. The van der Waals surface area contributed by atoms with Gasteiger partial charge in [-0.1, -0.05) is 23.2 Å². The molecule has 3 rings (SSSR count). The van der Waals surface area contributed by atoms with Gasteiger partial charge in [-0.3, -0.25) is 19.1 Å². The summed E-state index contributed by atoms with van der Waals surface area (Å²) in [6.45, 7) is 0.792. The van der Waals surface area contributed by atoms with E-state index in [1.54, 1.807) is 4.98 Å². The quantitative estimate of drug-likeness (QED) is 0.542. The van der Waals surface area contributed by atoms with Crippen LogP contribution in [0.1, 0.15) is 23.5 Å². The van der Waals surface area contributed by atoms with E-state index in [0.29, 0.717) is 9.25 Å². The number of aromatic amines is 1. The molecule has 0 aliphatic rings. The Balaban J connectivity index is 2.04. The fraction of sp³-hybridized carbons (Fsp3) is 0.167. The van der Waals surface area contributed by atoms with Crippen LogP contribution in [0.15, 0.2) is 44.8 Å². The van der Waals surface area contributed by atoms with Crippen molar-refractivity contribution in [3.63, 3.8) is 0 Å². The Morgan fingerprint density at radius 3 is 2.33 bits per heavy atom. The van der Waals surface area contributed by atoms with Crippen LogP contribution in [-0.2, 0) is 0 Å². The molecule has 1 aromatic carbocycles. The third-order valence-electron chi connectivity index (χ3n) is 4.28. The van der Waals surface area contributed by atoms with E-state index in [-0.39, 0.29) is 27.2 Å². The number of H-pyrrole nitrogens is 1. The minimum Gasteiger partial charge on any atom is -0.476 e. The highest BCUT2D eigenvalue weighted by atomic mass is 35.5. The number of ether oxygens (including phenoxy) is 1. The fourth-order valence-corrected chi connectivity index (χ4v) is 3.16. The van der Waals surface area contributed by atoms with Crippen molar-refractivity contribution in [3.05, 3.63) is 77.4 Å². The molecule has 0 spiro atoms. The topological polar surface area (TPSA) is 136 Å². The summed E-state index contributed by atoms with van der Waals surface area (Å²) in [5.41, 5.74) is -4.33. The van der Waals surface area contributed by atoms with Gasteiger partial charge in [-0.25, -0.2) is 9.59 Å². The van der Waals surface area contributed by atoms with Crippen LogP contribution in [0.5, 0.6) is 11.5 Å². The Hall–Kier alpha value is -3.58. The predicted octanol–water partition coefficient (Wildman–Crippen LogP) is 3.00. The SMILES string of the molecule is CC(n1cc(Oc2c(Cl)cc(-n3nc(C(=O)O)c(=O)[nH]c3=O)cc2Cl)ccc1=O)C(F)(F)F. The number of carboxylic acids is 1. The molecule has 2 N–H and O–H groups in total. The first-order valence-electron chi connectivity index (χ1n) is 8.72. The average molecular weight is 507 g/mol. The Morgan fingerprint density at radius 1 is 1.18 bits per heavy atom. The first kappa shape index (κ1) is 24.1. The average Bonchev–Trinajstić information content (AvgIpc) is 2.70. The van der Waals surface area contributed by atoms with Gasteiger partial charge in [0.05, 0.1) is 21.9 Å². The van der Waals surface area contributed by atoms with Gasteiger partial charge < -0.3 is 9.84 Å². The molecule has 0 radical (unpaired) electrons. The molecule has 2 aromatic heterocycles. The van der Waals surface area contributed by atoms with Gasteiger partial charge in [-0.2, -0.15) is 23.0 Å². The van der Waals surface area contributed by atoms with E-state index in [2.05, 4.69) is 5.10 Å². The number of alkyl halides is 3. The van der Waals surface area contributed by atoms with Crippen LogP contribution in [-0.4, -0.2) is 36.6 Å². The number of pyridine rings is 1. The van der Waals surface area contributed by atoms with E-state index in [1.165, 1.54) is 0 Å². The van der Waals surface area contributed by atoms with Crippen molar-refractivity contribution < 1.29 is 27.8 Å². The van der Waals surface area contributed by atoms with Gasteiger partial charge in [0.2, 0.25) is 5.69 Å². The zero-order valence-electron chi connectivity index (χ0n) is 16.2. The molecular weight excluding hydrogens is 496 g/mol. The highest BCUT2D eigenvalue weighted by Crippen LogP contribution is 2.38. The highest BCUT2D eigenvalue weighted by molar-refractivity contribution is 6.37. The van der Waals surface area contributed by atoms with Gasteiger partial charge in [0.1, 0.15) is 11.8 Å². The summed E-state index contributed by atoms with van der Waals surface area (Å²) in [6, 6.07) is 2.02. The molecule has 2 heterocycles. The van der Waals surface area contributed by atoms with Crippen LogP contribution >= 0.6 is 23.2 Å². The van der Waals surface area contributed by atoms with Crippen molar-refractivity contribution in [1.82, 2.24) is 19.3 Å². The molecule has 1 unspecified atom stereocenters. The van der Waals surface area contributed by atoms with Crippen molar-refractivity contribution in [1.29, 1.82) is 0 Å². The fourth-order valence-electron chi connectivity index (χ4n) is 2.60. The first-order chi connectivity index (χ1) is 15.3. The molecule has 10 nitrogen and oxygen atoms in total. The summed E-state index contributed by atoms with van der Waals surface area (Å²) in [4.78, 5) is 48.3.